The molecule has 0 aromatic heterocycles. The minimum Gasteiger partial charge on any atom is -0.298 e. The van der Waals surface area contributed by atoms with Gasteiger partial charge in [-0.25, -0.2) is 13.2 Å². The number of hydrogen-bond donors (Lipinski definition) is 0. The quantitative estimate of drug-likeness (QED) is 0.443. The van der Waals surface area contributed by atoms with Crippen LogP contribution in [-0.4, -0.2) is 5.78 Å². The summed E-state index contributed by atoms with van der Waals surface area (Å²) >= 11 is 0. The number of rotatable bonds is 4. The van der Waals surface area contributed by atoms with Gasteiger partial charge in [-0.15, -0.1) is 0 Å². The molecule has 0 aliphatic carbocycles. The van der Waals surface area contributed by atoms with Gasteiger partial charge in [0.1, 0.15) is 28.6 Å². The van der Waals surface area contributed by atoms with E-state index in [4.69, 9.17) is 0 Å². The SMILES string of the molecule is C.C.C.CC(=O)C(c1ccc(F)cc1)(c1ccc(F)cc1)c1ccccc1F. The Hall–Kier alpha value is -2.88. The van der Waals surface area contributed by atoms with Crippen LogP contribution >= 0.6 is 0 Å². The Morgan fingerprint density at radius 1 is 0.679 bits per heavy atom. The van der Waals surface area contributed by atoms with Gasteiger partial charge in [-0.2, -0.15) is 0 Å². The van der Waals surface area contributed by atoms with E-state index in [1.807, 2.05) is 0 Å². The maximum absolute atomic E-state index is 14.7. The molecule has 3 aromatic rings. The second kappa shape index (κ2) is 9.88. The second-order valence-corrected chi connectivity index (χ2v) is 5.80. The topological polar surface area (TPSA) is 17.1 Å². The molecule has 0 saturated carbocycles. The third-order valence-electron chi connectivity index (χ3n) is 4.36. The van der Waals surface area contributed by atoms with Crippen LogP contribution in [0.25, 0.3) is 0 Å². The van der Waals surface area contributed by atoms with Gasteiger partial charge in [-0.05, 0) is 48.4 Å². The van der Waals surface area contributed by atoms with Gasteiger partial charge in [0.15, 0.2) is 0 Å². The summed E-state index contributed by atoms with van der Waals surface area (Å²) in [5.41, 5.74) is -0.524. The predicted molar refractivity (Wildman–Crippen MR) is 110 cm³/mol. The van der Waals surface area contributed by atoms with Gasteiger partial charge in [0, 0.05) is 5.56 Å². The lowest BCUT2D eigenvalue weighted by Crippen LogP contribution is -2.38. The maximum Gasteiger partial charge on any atom is 0.149 e. The molecule has 0 heterocycles. The van der Waals surface area contributed by atoms with Crippen LogP contribution in [0.15, 0.2) is 72.8 Å². The lowest BCUT2D eigenvalue weighted by atomic mass is 9.67. The average molecular weight is 388 g/mol. The lowest BCUT2D eigenvalue weighted by Gasteiger charge is -2.33. The molecule has 0 aliphatic rings. The summed E-state index contributed by atoms with van der Waals surface area (Å²) in [4.78, 5) is 12.8. The van der Waals surface area contributed by atoms with Crippen molar-refractivity contribution in [1.29, 1.82) is 0 Å². The van der Waals surface area contributed by atoms with Crippen molar-refractivity contribution in [2.75, 3.05) is 0 Å². The number of halogens is 3. The summed E-state index contributed by atoms with van der Waals surface area (Å²) in [6.07, 6.45) is 0. The lowest BCUT2D eigenvalue weighted by molar-refractivity contribution is -0.120. The normalized spacial score (nSPS) is 10.1. The van der Waals surface area contributed by atoms with Crippen molar-refractivity contribution in [3.63, 3.8) is 0 Å². The van der Waals surface area contributed by atoms with E-state index in [-0.39, 0.29) is 33.6 Å². The molecule has 0 bridgehead atoms. The highest BCUT2D eigenvalue weighted by molar-refractivity contribution is 5.96. The van der Waals surface area contributed by atoms with Crippen LogP contribution in [0.4, 0.5) is 13.2 Å². The first-order valence-corrected chi connectivity index (χ1v) is 7.74. The molecular weight excluding hydrogens is 361 g/mol. The molecule has 0 atom stereocenters. The van der Waals surface area contributed by atoms with Gasteiger partial charge in [0.2, 0.25) is 0 Å². The number of carbonyl (C=O) groups excluding carboxylic acids is 1. The number of carbonyl (C=O) groups is 1. The predicted octanol–water partition coefficient (Wildman–Crippen LogP) is 6.94. The third-order valence-corrected chi connectivity index (χ3v) is 4.36. The zero-order chi connectivity index (χ0) is 18.0. The maximum atomic E-state index is 14.7. The number of ketones is 1. The Balaban J connectivity index is 0.00000243. The Labute approximate surface area is 165 Å². The number of hydrogen-bond acceptors (Lipinski definition) is 1. The van der Waals surface area contributed by atoms with E-state index < -0.39 is 22.9 Å². The van der Waals surface area contributed by atoms with Gasteiger partial charge in [0.05, 0.1) is 0 Å². The summed E-state index contributed by atoms with van der Waals surface area (Å²) in [5.74, 6) is -1.84. The van der Waals surface area contributed by atoms with Gasteiger partial charge >= 0.3 is 0 Å². The van der Waals surface area contributed by atoms with E-state index in [0.29, 0.717) is 11.1 Å². The third kappa shape index (κ3) is 4.16. The molecule has 0 amide bonds. The molecule has 0 aliphatic heterocycles. The molecule has 3 rings (SSSR count). The van der Waals surface area contributed by atoms with Crippen LogP contribution < -0.4 is 0 Å². The highest BCUT2D eigenvalue weighted by Gasteiger charge is 2.43. The molecule has 4 heteroatoms. The van der Waals surface area contributed by atoms with Crippen LogP contribution in [0.3, 0.4) is 0 Å². The Kier molecular flexibility index (Phi) is 8.87. The Bertz CT molecular complexity index is 854. The van der Waals surface area contributed by atoms with Crippen molar-refractivity contribution in [3.05, 3.63) is 107 Å². The molecule has 0 saturated heterocycles. The average Bonchev–Trinajstić information content (AvgIpc) is 2.59. The van der Waals surface area contributed by atoms with Crippen molar-refractivity contribution >= 4 is 5.78 Å². The molecule has 0 fully saturated rings. The van der Waals surface area contributed by atoms with Crippen LogP contribution in [0.1, 0.15) is 45.9 Å². The monoisotopic (exact) mass is 388 g/mol. The fourth-order valence-electron chi connectivity index (χ4n) is 3.24. The Morgan fingerprint density at radius 3 is 1.43 bits per heavy atom. The van der Waals surface area contributed by atoms with Crippen LogP contribution in [0.5, 0.6) is 0 Å². The van der Waals surface area contributed by atoms with E-state index in [0.717, 1.165) is 0 Å². The minimum absolute atomic E-state index is 0. The molecule has 1 nitrogen and oxygen atoms in total. The molecule has 0 spiro atoms. The van der Waals surface area contributed by atoms with Gasteiger partial charge in [0.25, 0.3) is 0 Å². The Morgan fingerprint density at radius 2 is 1.07 bits per heavy atom. The zero-order valence-corrected chi connectivity index (χ0v) is 13.5. The second-order valence-electron chi connectivity index (χ2n) is 5.80. The molecule has 150 valence electrons. The summed E-state index contributed by atoms with van der Waals surface area (Å²) in [5, 5.41) is 0. The summed E-state index contributed by atoms with van der Waals surface area (Å²) in [6.45, 7) is 1.35. The van der Waals surface area contributed by atoms with E-state index >= 15 is 0 Å². The molecular formula is C24H27F3O. The van der Waals surface area contributed by atoms with E-state index in [9.17, 15) is 18.0 Å². The highest BCUT2D eigenvalue weighted by atomic mass is 19.1. The van der Waals surface area contributed by atoms with Crippen LogP contribution in [0.2, 0.25) is 0 Å². The first kappa shape index (κ1) is 25.1. The minimum atomic E-state index is -1.49. The first-order valence-electron chi connectivity index (χ1n) is 7.74. The van der Waals surface area contributed by atoms with Gasteiger partial charge in [-0.1, -0.05) is 64.7 Å². The fraction of sp³-hybridized carbons (Fsp3) is 0.208. The highest BCUT2D eigenvalue weighted by Crippen LogP contribution is 2.41. The zero-order valence-electron chi connectivity index (χ0n) is 13.5. The molecule has 3 aromatic carbocycles. The largest absolute Gasteiger partial charge is 0.298 e. The van der Waals surface area contributed by atoms with Gasteiger partial charge in [-0.3, -0.25) is 4.79 Å². The first-order chi connectivity index (χ1) is 12.0. The molecule has 0 radical (unpaired) electrons. The van der Waals surface area contributed by atoms with Crippen LogP contribution in [-0.2, 0) is 10.2 Å². The van der Waals surface area contributed by atoms with E-state index in [1.54, 1.807) is 6.07 Å². The summed E-state index contributed by atoms with van der Waals surface area (Å²) < 4.78 is 41.5. The van der Waals surface area contributed by atoms with Crippen molar-refractivity contribution in [3.8, 4) is 0 Å². The van der Waals surface area contributed by atoms with E-state index in [1.165, 1.54) is 73.7 Å². The van der Waals surface area contributed by atoms with Crippen molar-refractivity contribution < 1.29 is 18.0 Å². The summed E-state index contributed by atoms with van der Waals surface area (Å²) in [7, 11) is 0. The smallest absolute Gasteiger partial charge is 0.149 e. The van der Waals surface area contributed by atoms with Crippen molar-refractivity contribution in [2.24, 2.45) is 0 Å². The molecule has 0 unspecified atom stereocenters. The number of benzene rings is 3. The standard InChI is InChI=1S/C21H15F3O.3CH4/c1-14(25)21(15-6-10-17(22)11-7-15,16-8-12-18(23)13-9-16)19-4-2-3-5-20(19)24;;;/h2-13H,1H3;3*1H4. The van der Waals surface area contributed by atoms with E-state index in [2.05, 4.69) is 0 Å². The van der Waals surface area contributed by atoms with Gasteiger partial charge < -0.3 is 0 Å². The summed E-state index contributed by atoms with van der Waals surface area (Å²) in [6, 6.07) is 16.6. The van der Waals surface area contributed by atoms with Crippen LogP contribution in [0, 0.1) is 17.5 Å². The molecule has 0 N–H and O–H groups in total. The van der Waals surface area contributed by atoms with Crippen molar-refractivity contribution in [1.82, 2.24) is 0 Å². The fourth-order valence-corrected chi connectivity index (χ4v) is 3.24. The molecule has 28 heavy (non-hydrogen) atoms. The van der Waals surface area contributed by atoms with Crippen molar-refractivity contribution in [2.45, 2.75) is 34.6 Å². The number of Topliss-reactive ketones (excluding diaryl/α,β-unsaturated/α-hetero) is 1.